The largest absolute Gasteiger partial charge is 0.743 e. The molecular formula is C8H7F2O6S2-. The van der Waals surface area contributed by atoms with Gasteiger partial charge in [0.25, 0.3) is 10.1 Å². The molecule has 1 aromatic rings. The molecule has 1 rings (SSSR count). The maximum absolute atomic E-state index is 12.7. The number of hydrogen-bond acceptors (Lipinski definition) is 6. The first-order chi connectivity index (χ1) is 8.06. The van der Waals surface area contributed by atoms with Gasteiger partial charge in [0.2, 0.25) is 0 Å². The highest BCUT2D eigenvalue weighted by Crippen LogP contribution is 2.23. The van der Waals surface area contributed by atoms with Crippen molar-refractivity contribution in [1.82, 2.24) is 0 Å². The van der Waals surface area contributed by atoms with Gasteiger partial charge >= 0.3 is 5.25 Å². The highest BCUT2D eigenvalue weighted by molar-refractivity contribution is 7.87. The summed E-state index contributed by atoms with van der Waals surface area (Å²) in [4.78, 5) is -0.427. The molecule has 0 spiro atoms. The zero-order valence-corrected chi connectivity index (χ0v) is 10.2. The van der Waals surface area contributed by atoms with E-state index in [0.29, 0.717) is 0 Å². The van der Waals surface area contributed by atoms with Crippen molar-refractivity contribution < 1.29 is 34.4 Å². The minimum Gasteiger partial charge on any atom is -0.743 e. The lowest BCUT2D eigenvalue weighted by Gasteiger charge is -2.19. The maximum Gasteiger partial charge on any atom is 0.358 e. The van der Waals surface area contributed by atoms with Crippen molar-refractivity contribution in [3.63, 3.8) is 0 Å². The van der Waals surface area contributed by atoms with Crippen molar-refractivity contribution in [2.75, 3.05) is 6.61 Å². The summed E-state index contributed by atoms with van der Waals surface area (Å²) in [6.07, 6.45) is 0. The quantitative estimate of drug-likeness (QED) is 0.581. The topological polar surface area (TPSA) is 101 Å². The molecule has 0 aliphatic rings. The fourth-order valence-electron chi connectivity index (χ4n) is 0.874. The van der Waals surface area contributed by atoms with Crippen molar-refractivity contribution in [3.05, 3.63) is 30.3 Å². The van der Waals surface area contributed by atoms with Crippen LogP contribution in [0.3, 0.4) is 0 Å². The molecule has 0 aliphatic heterocycles. The summed E-state index contributed by atoms with van der Waals surface area (Å²) in [6, 6.07) is 6.26. The summed E-state index contributed by atoms with van der Waals surface area (Å²) < 4.78 is 82.3. The first-order valence-electron chi connectivity index (χ1n) is 4.34. The smallest absolute Gasteiger partial charge is 0.358 e. The van der Waals surface area contributed by atoms with Gasteiger partial charge in [0.1, 0.15) is 6.61 Å². The standard InChI is InChI=1S/C8H8F2O6S2/c9-8(10,18(13,14)15)6-16-17(11,12)7-4-2-1-3-5-7/h1-5H,6H2,(H,13,14,15)/p-1. The average molecular weight is 301 g/mol. The fraction of sp³-hybridized carbons (Fsp3) is 0.250. The Bertz CT molecular complexity index is 608. The third kappa shape index (κ3) is 3.45. The molecule has 0 radical (unpaired) electrons. The minimum atomic E-state index is -5.98. The Morgan fingerprint density at radius 3 is 2.06 bits per heavy atom. The molecule has 0 heterocycles. The van der Waals surface area contributed by atoms with Crippen molar-refractivity contribution in [1.29, 1.82) is 0 Å². The second-order valence-corrected chi connectivity index (χ2v) is 6.24. The molecule has 0 aromatic heterocycles. The van der Waals surface area contributed by atoms with Crippen LogP contribution in [0.1, 0.15) is 0 Å². The van der Waals surface area contributed by atoms with E-state index in [9.17, 15) is 30.2 Å². The van der Waals surface area contributed by atoms with E-state index >= 15 is 0 Å². The zero-order valence-electron chi connectivity index (χ0n) is 8.62. The second-order valence-electron chi connectivity index (χ2n) is 3.12. The second kappa shape index (κ2) is 4.88. The van der Waals surface area contributed by atoms with Crippen LogP contribution in [0, 0.1) is 0 Å². The SMILES string of the molecule is O=S(=O)(OCC(F)(F)S(=O)(=O)[O-])c1ccccc1. The molecule has 0 bridgehead atoms. The Balaban J connectivity index is 2.88. The Kier molecular flexibility index (Phi) is 4.05. The molecule has 0 aliphatic carbocycles. The van der Waals surface area contributed by atoms with Gasteiger partial charge in [0, 0.05) is 0 Å². The summed E-state index contributed by atoms with van der Waals surface area (Å²) in [5.41, 5.74) is 0. The van der Waals surface area contributed by atoms with E-state index in [2.05, 4.69) is 4.18 Å². The third-order valence-corrected chi connectivity index (χ3v) is 3.91. The van der Waals surface area contributed by atoms with E-state index in [0.717, 1.165) is 12.1 Å². The molecule has 0 amide bonds. The van der Waals surface area contributed by atoms with Crippen molar-refractivity contribution in [2.24, 2.45) is 0 Å². The number of rotatable bonds is 5. The van der Waals surface area contributed by atoms with Gasteiger partial charge in [-0.3, -0.25) is 4.18 Å². The maximum atomic E-state index is 12.7. The Morgan fingerprint density at radius 2 is 1.61 bits per heavy atom. The number of hydrogen-bond donors (Lipinski definition) is 0. The molecule has 0 unspecified atom stereocenters. The van der Waals surface area contributed by atoms with Crippen molar-refractivity contribution >= 4 is 20.2 Å². The highest BCUT2D eigenvalue weighted by Gasteiger charge is 2.40. The Labute approximate surface area is 102 Å². The molecule has 0 atom stereocenters. The summed E-state index contributed by atoms with van der Waals surface area (Å²) in [5.74, 6) is 0. The van der Waals surface area contributed by atoms with Gasteiger partial charge in [-0.25, -0.2) is 8.42 Å². The Morgan fingerprint density at radius 1 is 1.11 bits per heavy atom. The highest BCUT2D eigenvalue weighted by atomic mass is 32.2. The molecular weight excluding hydrogens is 294 g/mol. The van der Waals surface area contributed by atoms with E-state index in [1.165, 1.54) is 18.2 Å². The van der Waals surface area contributed by atoms with Crippen LogP contribution in [0.25, 0.3) is 0 Å². The third-order valence-electron chi connectivity index (χ3n) is 1.78. The van der Waals surface area contributed by atoms with Gasteiger partial charge in [-0.05, 0) is 12.1 Å². The average Bonchev–Trinajstić information content (AvgIpc) is 2.26. The fourth-order valence-corrected chi connectivity index (χ4v) is 2.08. The van der Waals surface area contributed by atoms with Crippen LogP contribution in [0.15, 0.2) is 35.2 Å². The predicted octanol–water partition coefficient (Wildman–Crippen LogP) is 0.530. The van der Waals surface area contributed by atoms with Crippen LogP contribution < -0.4 is 0 Å². The van der Waals surface area contributed by atoms with Crippen LogP contribution in [0.5, 0.6) is 0 Å². The van der Waals surface area contributed by atoms with Gasteiger partial charge in [0.05, 0.1) is 4.90 Å². The van der Waals surface area contributed by atoms with E-state index in [1.54, 1.807) is 0 Å². The Hall–Kier alpha value is -1.10. The molecule has 18 heavy (non-hydrogen) atoms. The van der Waals surface area contributed by atoms with Gasteiger partial charge < -0.3 is 4.55 Å². The van der Waals surface area contributed by atoms with Crippen LogP contribution >= 0.6 is 0 Å². The summed E-state index contributed by atoms with van der Waals surface area (Å²) >= 11 is 0. The van der Waals surface area contributed by atoms with E-state index in [4.69, 9.17) is 0 Å². The normalized spacial score (nSPS) is 13.5. The monoisotopic (exact) mass is 301 g/mol. The van der Waals surface area contributed by atoms with Crippen molar-refractivity contribution in [3.8, 4) is 0 Å². The molecule has 6 nitrogen and oxygen atoms in total. The first-order valence-corrected chi connectivity index (χ1v) is 7.16. The van der Waals surface area contributed by atoms with Crippen LogP contribution in [-0.2, 0) is 24.4 Å². The first kappa shape index (κ1) is 15.0. The van der Waals surface area contributed by atoms with Crippen LogP contribution in [0.2, 0.25) is 0 Å². The summed E-state index contributed by atoms with van der Waals surface area (Å²) in [6.45, 7) is -2.06. The van der Waals surface area contributed by atoms with E-state index in [1.807, 2.05) is 0 Å². The molecule has 102 valence electrons. The lowest BCUT2D eigenvalue weighted by atomic mass is 10.4. The van der Waals surface area contributed by atoms with Crippen molar-refractivity contribution in [2.45, 2.75) is 10.2 Å². The van der Waals surface area contributed by atoms with Gasteiger partial charge in [0.15, 0.2) is 10.1 Å². The van der Waals surface area contributed by atoms with Crippen LogP contribution in [-0.4, -0.2) is 33.2 Å². The number of alkyl halides is 2. The zero-order chi connectivity index (χ0) is 14.0. The van der Waals surface area contributed by atoms with E-state index in [-0.39, 0.29) is 0 Å². The van der Waals surface area contributed by atoms with E-state index < -0.39 is 37.0 Å². The summed E-state index contributed by atoms with van der Waals surface area (Å²) in [5, 5.41) is -4.81. The number of halogens is 2. The molecule has 0 N–H and O–H groups in total. The molecule has 0 fully saturated rings. The van der Waals surface area contributed by atoms with Gasteiger partial charge in [-0.2, -0.15) is 17.2 Å². The summed E-state index contributed by atoms with van der Waals surface area (Å²) in [7, 11) is -10.5. The molecule has 0 saturated carbocycles. The van der Waals surface area contributed by atoms with Gasteiger partial charge in [-0.1, -0.05) is 18.2 Å². The van der Waals surface area contributed by atoms with Gasteiger partial charge in [-0.15, -0.1) is 0 Å². The van der Waals surface area contributed by atoms with Crippen LogP contribution in [0.4, 0.5) is 8.78 Å². The lowest BCUT2D eigenvalue weighted by molar-refractivity contribution is 0.0303. The minimum absolute atomic E-state index is 0.427. The molecule has 0 saturated heterocycles. The lowest BCUT2D eigenvalue weighted by Crippen LogP contribution is -2.34. The number of benzene rings is 1. The molecule has 10 heteroatoms. The predicted molar refractivity (Wildman–Crippen MR) is 54.2 cm³/mol. The molecule has 1 aromatic carbocycles.